The third kappa shape index (κ3) is 4.30. The van der Waals surface area contributed by atoms with E-state index in [9.17, 15) is 25.2 Å². The van der Waals surface area contributed by atoms with Crippen molar-refractivity contribution in [2.75, 3.05) is 0 Å². The molecule has 2 rings (SSSR count). The lowest BCUT2D eigenvalue weighted by Gasteiger charge is -2.27. The SMILES string of the molecule is CC(C)(C)c1cc(C(=O)/C=C/c2ccc(O)c(O)c2O)cc(C(C)(C)C)c1O. The predicted octanol–water partition coefficient (Wildman–Crippen LogP) is 5.00. The molecule has 0 aliphatic carbocycles. The van der Waals surface area contributed by atoms with Crippen molar-refractivity contribution < 1.29 is 25.2 Å². The molecule has 0 spiro atoms. The monoisotopic (exact) mass is 384 g/mol. The van der Waals surface area contributed by atoms with Gasteiger partial charge in [-0.15, -0.1) is 0 Å². The Morgan fingerprint density at radius 2 is 1.29 bits per heavy atom. The van der Waals surface area contributed by atoms with Gasteiger partial charge in [-0.2, -0.15) is 0 Å². The summed E-state index contributed by atoms with van der Waals surface area (Å²) >= 11 is 0. The van der Waals surface area contributed by atoms with Crippen LogP contribution in [0, 0.1) is 0 Å². The lowest BCUT2D eigenvalue weighted by Crippen LogP contribution is -2.18. The lowest BCUT2D eigenvalue weighted by atomic mass is 9.78. The third-order valence-corrected chi connectivity index (χ3v) is 4.59. The van der Waals surface area contributed by atoms with Crippen LogP contribution in [0.4, 0.5) is 0 Å². The minimum absolute atomic E-state index is 0.196. The first-order valence-corrected chi connectivity index (χ1v) is 9.07. The molecule has 28 heavy (non-hydrogen) atoms. The van der Waals surface area contributed by atoms with E-state index in [2.05, 4.69) is 0 Å². The molecule has 0 atom stereocenters. The highest BCUT2D eigenvalue weighted by atomic mass is 16.3. The number of phenolic OH excluding ortho intramolecular Hbond substituents is 4. The average molecular weight is 384 g/mol. The molecule has 0 saturated heterocycles. The number of ketones is 1. The van der Waals surface area contributed by atoms with Crippen LogP contribution in [0.25, 0.3) is 6.08 Å². The van der Waals surface area contributed by atoms with E-state index in [-0.39, 0.29) is 27.9 Å². The van der Waals surface area contributed by atoms with Gasteiger partial charge in [-0.1, -0.05) is 41.5 Å². The fourth-order valence-corrected chi connectivity index (χ4v) is 2.90. The molecule has 0 amide bonds. The third-order valence-electron chi connectivity index (χ3n) is 4.59. The molecule has 0 saturated carbocycles. The number of aromatic hydroxyl groups is 4. The normalized spacial score (nSPS) is 12.5. The van der Waals surface area contributed by atoms with Gasteiger partial charge in [-0.05, 0) is 47.2 Å². The highest BCUT2D eigenvalue weighted by Crippen LogP contribution is 2.40. The van der Waals surface area contributed by atoms with Crippen LogP contribution in [-0.4, -0.2) is 26.2 Å². The quantitative estimate of drug-likeness (QED) is 0.339. The molecule has 4 N–H and O–H groups in total. The minimum atomic E-state index is -0.635. The number of phenols is 4. The van der Waals surface area contributed by atoms with Gasteiger partial charge in [0.25, 0.3) is 0 Å². The summed E-state index contributed by atoms with van der Waals surface area (Å²) in [5.74, 6) is -1.68. The van der Waals surface area contributed by atoms with Crippen molar-refractivity contribution >= 4 is 11.9 Å². The van der Waals surface area contributed by atoms with Crippen molar-refractivity contribution in [3.8, 4) is 23.0 Å². The maximum atomic E-state index is 12.8. The molecule has 5 nitrogen and oxygen atoms in total. The second kappa shape index (κ2) is 7.23. The van der Waals surface area contributed by atoms with Gasteiger partial charge in [-0.3, -0.25) is 4.79 Å². The van der Waals surface area contributed by atoms with Crippen molar-refractivity contribution in [3.63, 3.8) is 0 Å². The minimum Gasteiger partial charge on any atom is -0.507 e. The van der Waals surface area contributed by atoms with E-state index in [1.165, 1.54) is 24.3 Å². The van der Waals surface area contributed by atoms with Crippen LogP contribution in [0.15, 0.2) is 30.3 Å². The highest BCUT2D eigenvalue weighted by Gasteiger charge is 2.27. The highest BCUT2D eigenvalue weighted by molar-refractivity contribution is 6.07. The van der Waals surface area contributed by atoms with Crippen LogP contribution >= 0.6 is 0 Å². The summed E-state index contributed by atoms with van der Waals surface area (Å²) in [7, 11) is 0. The summed E-state index contributed by atoms with van der Waals surface area (Å²) in [5.41, 5.74) is 1.28. The van der Waals surface area contributed by atoms with Gasteiger partial charge in [0.05, 0.1) is 0 Å². The molecule has 2 aromatic rings. The van der Waals surface area contributed by atoms with Crippen molar-refractivity contribution in [1.82, 2.24) is 0 Å². The van der Waals surface area contributed by atoms with Gasteiger partial charge < -0.3 is 20.4 Å². The number of carbonyl (C=O) groups is 1. The second-order valence-electron chi connectivity index (χ2n) is 8.99. The Bertz CT molecular complexity index is 906. The number of hydrogen-bond acceptors (Lipinski definition) is 5. The lowest BCUT2D eigenvalue weighted by molar-refractivity contribution is 0.104. The van der Waals surface area contributed by atoms with Crippen LogP contribution in [0.5, 0.6) is 23.0 Å². The zero-order chi connectivity index (χ0) is 21.4. The first kappa shape index (κ1) is 21.4. The first-order valence-electron chi connectivity index (χ1n) is 9.07. The van der Waals surface area contributed by atoms with E-state index in [1.54, 1.807) is 12.1 Å². The molecule has 0 bridgehead atoms. The van der Waals surface area contributed by atoms with Gasteiger partial charge in [0, 0.05) is 22.3 Å². The summed E-state index contributed by atoms with van der Waals surface area (Å²) in [6, 6.07) is 6.00. The molecular weight excluding hydrogens is 356 g/mol. The van der Waals surface area contributed by atoms with E-state index in [0.717, 1.165) is 0 Å². The molecule has 0 aliphatic rings. The van der Waals surface area contributed by atoms with E-state index in [4.69, 9.17) is 0 Å². The van der Waals surface area contributed by atoms with Gasteiger partial charge in [-0.25, -0.2) is 0 Å². The molecule has 2 aromatic carbocycles. The Kier molecular flexibility index (Phi) is 5.51. The fourth-order valence-electron chi connectivity index (χ4n) is 2.90. The van der Waals surface area contributed by atoms with Crippen LogP contribution in [-0.2, 0) is 10.8 Å². The van der Waals surface area contributed by atoms with E-state index >= 15 is 0 Å². The first-order chi connectivity index (χ1) is 12.7. The van der Waals surface area contributed by atoms with E-state index in [1.807, 2.05) is 41.5 Å². The second-order valence-corrected chi connectivity index (χ2v) is 8.99. The van der Waals surface area contributed by atoms with Crippen LogP contribution in [0.3, 0.4) is 0 Å². The molecule has 0 aliphatic heterocycles. The van der Waals surface area contributed by atoms with E-state index < -0.39 is 17.2 Å². The van der Waals surface area contributed by atoms with Crippen LogP contribution in [0.2, 0.25) is 0 Å². The summed E-state index contributed by atoms with van der Waals surface area (Å²) in [6.07, 6.45) is 2.66. The summed E-state index contributed by atoms with van der Waals surface area (Å²) in [4.78, 5) is 12.8. The fraction of sp³-hybridized carbons (Fsp3) is 0.348. The maximum Gasteiger partial charge on any atom is 0.200 e. The van der Waals surface area contributed by atoms with Gasteiger partial charge in [0.2, 0.25) is 5.75 Å². The number of hydrogen-bond donors (Lipinski definition) is 4. The molecule has 5 heteroatoms. The van der Waals surface area contributed by atoms with E-state index in [0.29, 0.717) is 16.7 Å². The number of allylic oxidation sites excluding steroid dienone is 1. The zero-order valence-corrected chi connectivity index (χ0v) is 17.2. The Morgan fingerprint density at radius 3 is 1.75 bits per heavy atom. The molecule has 150 valence electrons. The topological polar surface area (TPSA) is 98.0 Å². The Morgan fingerprint density at radius 1 is 0.786 bits per heavy atom. The Hall–Kier alpha value is -2.95. The number of carbonyl (C=O) groups excluding carboxylic acids is 1. The van der Waals surface area contributed by atoms with Crippen molar-refractivity contribution in [3.05, 3.63) is 52.6 Å². The zero-order valence-electron chi connectivity index (χ0n) is 17.2. The van der Waals surface area contributed by atoms with Crippen molar-refractivity contribution in [2.45, 2.75) is 52.4 Å². The molecule has 0 heterocycles. The van der Waals surface area contributed by atoms with Gasteiger partial charge >= 0.3 is 0 Å². The van der Waals surface area contributed by atoms with Crippen LogP contribution < -0.4 is 0 Å². The molecule has 0 fully saturated rings. The van der Waals surface area contributed by atoms with Gasteiger partial charge in [0.15, 0.2) is 17.3 Å². The molecule has 0 unspecified atom stereocenters. The molecule has 0 aromatic heterocycles. The number of benzene rings is 2. The largest absolute Gasteiger partial charge is 0.507 e. The number of rotatable bonds is 3. The Labute approximate surface area is 165 Å². The van der Waals surface area contributed by atoms with Gasteiger partial charge in [0.1, 0.15) is 5.75 Å². The molecule has 0 radical (unpaired) electrons. The van der Waals surface area contributed by atoms with Crippen molar-refractivity contribution in [2.24, 2.45) is 0 Å². The van der Waals surface area contributed by atoms with Crippen molar-refractivity contribution in [1.29, 1.82) is 0 Å². The molecular formula is C23H28O5. The Balaban J connectivity index is 2.53. The summed E-state index contributed by atoms with van der Waals surface area (Å²) in [6.45, 7) is 11.8. The predicted molar refractivity (Wildman–Crippen MR) is 110 cm³/mol. The summed E-state index contributed by atoms with van der Waals surface area (Å²) < 4.78 is 0. The van der Waals surface area contributed by atoms with Crippen LogP contribution in [0.1, 0.15) is 68.6 Å². The average Bonchev–Trinajstić information content (AvgIpc) is 2.57. The standard InChI is InChI=1S/C23H28O5/c1-22(2,3)15-11-14(12-16(20(15)27)23(4,5)6)17(24)9-7-13-8-10-18(25)21(28)19(13)26/h7-12,25-28H,1-6H3/b9-7+. The summed E-state index contributed by atoms with van der Waals surface area (Å²) in [5, 5.41) is 39.6. The maximum absolute atomic E-state index is 12.8. The smallest absolute Gasteiger partial charge is 0.200 e.